The molecule has 29 heavy (non-hydrogen) atoms. The zero-order valence-electron chi connectivity index (χ0n) is 17.2. The summed E-state index contributed by atoms with van der Waals surface area (Å²) in [4.78, 5) is 7.49. The lowest BCUT2D eigenvalue weighted by Gasteiger charge is -2.36. The third-order valence-electron chi connectivity index (χ3n) is 6.68. The van der Waals surface area contributed by atoms with E-state index in [4.69, 9.17) is 4.98 Å². The molecule has 150 valence electrons. The number of rotatable bonds is 5. The van der Waals surface area contributed by atoms with Crippen LogP contribution in [-0.4, -0.2) is 40.4 Å². The quantitative estimate of drug-likeness (QED) is 0.680. The highest BCUT2D eigenvalue weighted by Crippen LogP contribution is 2.33. The smallest absolute Gasteiger partial charge is 0.128 e. The van der Waals surface area contributed by atoms with Gasteiger partial charge in [-0.05, 0) is 55.4 Å². The van der Waals surface area contributed by atoms with E-state index >= 15 is 0 Å². The third-order valence-corrected chi connectivity index (χ3v) is 6.68. The Bertz CT molecular complexity index is 951. The maximum atomic E-state index is 5.08. The maximum absolute atomic E-state index is 5.08. The van der Waals surface area contributed by atoms with Gasteiger partial charge in [0.25, 0.3) is 0 Å². The molecule has 4 heterocycles. The molecule has 2 fully saturated rings. The van der Waals surface area contributed by atoms with Crippen molar-refractivity contribution < 1.29 is 0 Å². The van der Waals surface area contributed by atoms with Crippen molar-refractivity contribution in [3.63, 3.8) is 0 Å². The number of aromatic amines is 1. The molecule has 3 aromatic rings. The summed E-state index contributed by atoms with van der Waals surface area (Å²) in [7, 11) is 2.22. The molecule has 2 saturated heterocycles. The summed E-state index contributed by atoms with van der Waals surface area (Å²) in [6, 6.07) is 15.1. The minimum absolute atomic E-state index is 0.589. The number of anilines is 1. The Labute approximate surface area is 172 Å². The molecule has 2 aliphatic heterocycles. The fraction of sp³-hybridized carbons (Fsp3) is 0.417. The predicted molar refractivity (Wildman–Crippen MR) is 118 cm³/mol. The van der Waals surface area contributed by atoms with Crippen molar-refractivity contribution in [3.8, 4) is 22.3 Å². The molecule has 0 saturated carbocycles. The fourth-order valence-corrected chi connectivity index (χ4v) is 5.00. The van der Waals surface area contributed by atoms with Gasteiger partial charge in [-0.25, -0.2) is 4.98 Å². The first-order valence-corrected chi connectivity index (χ1v) is 10.8. The number of nitrogens with zero attached hydrogens (tertiary/aromatic N) is 3. The summed E-state index contributed by atoms with van der Waals surface area (Å²) in [5.74, 6) is 1.10. The van der Waals surface area contributed by atoms with Crippen molar-refractivity contribution >= 4 is 5.82 Å². The van der Waals surface area contributed by atoms with Gasteiger partial charge in [0, 0.05) is 42.5 Å². The Balaban J connectivity index is 1.39. The van der Waals surface area contributed by atoms with Gasteiger partial charge >= 0.3 is 0 Å². The van der Waals surface area contributed by atoms with Crippen molar-refractivity contribution in [2.24, 2.45) is 0 Å². The Kier molecular flexibility index (Phi) is 4.84. The van der Waals surface area contributed by atoms with Crippen LogP contribution in [0.4, 0.5) is 5.82 Å². The number of aromatic nitrogens is 3. The predicted octanol–water partition coefficient (Wildman–Crippen LogP) is 4.42. The zero-order valence-corrected chi connectivity index (χ0v) is 17.2. The molecule has 5 rings (SSSR count). The number of aryl methyl sites for hydroxylation is 1. The molecule has 2 atom stereocenters. The van der Waals surface area contributed by atoms with Crippen molar-refractivity contribution in [1.29, 1.82) is 0 Å². The topological polar surface area (TPSA) is 56.8 Å². The molecule has 2 unspecified atom stereocenters. The number of fused-ring (bicyclic) bond motifs is 2. The van der Waals surface area contributed by atoms with Crippen LogP contribution in [0.15, 0.2) is 48.8 Å². The molecule has 0 radical (unpaired) electrons. The van der Waals surface area contributed by atoms with Crippen LogP contribution in [0.5, 0.6) is 0 Å². The second-order valence-electron chi connectivity index (χ2n) is 8.46. The lowest BCUT2D eigenvalue weighted by Crippen LogP contribution is -2.47. The summed E-state index contributed by atoms with van der Waals surface area (Å²) in [5, 5.41) is 10.7. The summed E-state index contributed by atoms with van der Waals surface area (Å²) in [6.07, 6.45) is 9.82. The van der Waals surface area contributed by atoms with Gasteiger partial charge in [0.05, 0.1) is 11.9 Å². The van der Waals surface area contributed by atoms with Crippen LogP contribution in [0.2, 0.25) is 0 Å². The summed E-state index contributed by atoms with van der Waals surface area (Å²) in [5.41, 5.74) is 5.90. The Morgan fingerprint density at radius 2 is 1.69 bits per heavy atom. The molecular weight excluding hydrogens is 358 g/mol. The number of benzene rings is 1. The Morgan fingerprint density at radius 3 is 2.34 bits per heavy atom. The highest BCUT2D eigenvalue weighted by atomic mass is 15.2. The van der Waals surface area contributed by atoms with Gasteiger partial charge < -0.3 is 10.2 Å². The van der Waals surface area contributed by atoms with Gasteiger partial charge in [-0.15, -0.1) is 0 Å². The van der Waals surface area contributed by atoms with Crippen LogP contribution in [0, 0.1) is 0 Å². The molecule has 5 heteroatoms. The molecule has 1 aromatic carbocycles. The van der Waals surface area contributed by atoms with Crippen LogP contribution in [0.1, 0.15) is 38.3 Å². The van der Waals surface area contributed by atoms with Gasteiger partial charge in [-0.3, -0.25) is 5.10 Å². The molecule has 2 aliphatic rings. The zero-order chi connectivity index (χ0) is 19.8. The minimum atomic E-state index is 0.589. The molecule has 0 amide bonds. The van der Waals surface area contributed by atoms with E-state index in [1.165, 1.54) is 48.1 Å². The number of hydrogen-bond donors (Lipinski definition) is 2. The van der Waals surface area contributed by atoms with Gasteiger partial charge in [0.2, 0.25) is 0 Å². The van der Waals surface area contributed by atoms with Crippen LogP contribution < -0.4 is 10.2 Å². The van der Waals surface area contributed by atoms with Crippen molar-refractivity contribution in [2.75, 3.05) is 11.9 Å². The second kappa shape index (κ2) is 7.64. The van der Waals surface area contributed by atoms with Crippen molar-refractivity contribution in [1.82, 2.24) is 20.5 Å². The van der Waals surface area contributed by atoms with Crippen LogP contribution in [-0.2, 0) is 6.42 Å². The highest BCUT2D eigenvalue weighted by Gasteiger charge is 2.35. The van der Waals surface area contributed by atoms with Crippen molar-refractivity contribution in [3.05, 3.63) is 54.5 Å². The maximum Gasteiger partial charge on any atom is 0.128 e. The number of piperidine rings is 1. The van der Waals surface area contributed by atoms with Crippen molar-refractivity contribution in [2.45, 2.75) is 57.2 Å². The average Bonchev–Trinajstić information content (AvgIpc) is 3.42. The van der Waals surface area contributed by atoms with Gasteiger partial charge in [-0.2, -0.15) is 5.10 Å². The van der Waals surface area contributed by atoms with Crippen LogP contribution >= 0.6 is 0 Å². The first kappa shape index (κ1) is 18.4. The Morgan fingerprint density at radius 1 is 0.966 bits per heavy atom. The van der Waals surface area contributed by atoms with Gasteiger partial charge in [0.1, 0.15) is 5.82 Å². The average molecular weight is 388 g/mol. The van der Waals surface area contributed by atoms with E-state index in [-0.39, 0.29) is 0 Å². The first-order chi connectivity index (χ1) is 14.2. The van der Waals surface area contributed by atoms with E-state index in [0.29, 0.717) is 18.1 Å². The van der Waals surface area contributed by atoms with E-state index in [1.807, 2.05) is 12.4 Å². The van der Waals surface area contributed by atoms with E-state index in [2.05, 4.69) is 70.8 Å². The number of H-pyrrole nitrogens is 1. The molecule has 2 bridgehead atoms. The van der Waals surface area contributed by atoms with Gasteiger partial charge in [0.15, 0.2) is 0 Å². The summed E-state index contributed by atoms with van der Waals surface area (Å²) < 4.78 is 0. The molecule has 0 spiro atoms. The minimum Gasteiger partial charge on any atom is -0.357 e. The van der Waals surface area contributed by atoms with E-state index in [0.717, 1.165) is 17.8 Å². The largest absolute Gasteiger partial charge is 0.357 e. The monoisotopic (exact) mass is 387 g/mol. The van der Waals surface area contributed by atoms with Gasteiger partial charge in [-0.1, -0.05) is 31.2 Å². The SMILES string of the molecule is CCc1nc(N(C)C2CC3CCC(C2)N3)ccc1-c1ccc(-c2cn[nH]c2)cc1. The summed E-state index contributed by atoms with van der Waals surface area (Å²) >= 11 is 0. The second-order valence-corrected chi connectivity index (χ2v) is 8.46. The Hall–Kier alpha value is -2.66. The van der Waals surface area contributed by atoms with Crippen LogP contribution in [0.3, 0.4) is 0 Å². The third kappa shape index (κ3) is 3.55. The standard InChI is InChI=1S/C24H29N5/c1-3-23-22(17-6-4-16(5-7-17)18-14-25-26-15-18)10-11-24(28-23)29(2)21-12-19-8-9-20(13-21)27-19/h4-7,10-11,14-15,19-21,27H,3,8-9,12-13H2,1-2H3,(H,25,26). The lowest BCUT2D eigenvalue weighted by molar-refractivity contribution is 0.354. The molecule has 5 nitrogen and oxygen atoms in total. The first-order valence-electron chi connectivity index (χ1n) is 10.8. The molecule has 2 N–H and O–H groups in total. The molecule has 2 aromatic heterocycles. The van der Waals surface area contributed by atoms with Crippen LogP contribution in [0.25, 0.3) is 22.3 Å². The number of pyridine rings is 1. The van der Waals surface area contributed by atoms with E-state index in [9.17, 15) is 0 Å². The number of hydrogen-bond acceptors (Lipinski definition) is 4. The fourth-order valence-electron chi connectivity index (χ4n) is 5.00. The highest BCUT2D eigenvalue weighted by molar-refractivity contribution is 5.72. The number of nitrogens with one attached hydrogen (secondary N) is 2. The normalized spacial score (nSPS) is 23.3. The molecular formula is C24H29N5. The lowest BCUT2D eigenvalue weighted by atomic mass is 9.97. The molecule has 0 aliphatic carbocycles. The van der Waals surface area contributed by atoms with E-state index < -0.39 is 0 Å². The summed E-state index contributed by atoms with van der Waals surface area (Å²) in [6.45, 7) is 2.19. The van der Waals surface area contributed by atoms with E-state index in [1.54, 1.807) is 0 Å².